The van der Waals surface area contributed by atoms with Crippen LogP contribution < -0.4 is 15.4 Å². The molecule has 9 unspecified atom stereocenters. The van der Waals surface area contributed by atoms with Crippen molar-refractivity contribution in [2.24, 2.45) is 0 Å². The number of aliphatic hydroxyl groups is 5. The number of ketones is 2. The molecule has 7 rings (SSSR count). The van der Waals surface area contributed by atoms with Gasteiger partial charge in [0.1, 0.15) is 71.8 Å². The van der Waals surface area contributed by atoms with Crippen molar-refractivity contribution in [2.75, 3.05) is 20.8 Å². The fourth-order valence-corrected chi connectivity index (χ4v) is 8.30. The molecule has 2 aliphatic carbocycles. The number of phenolic OH excluding ortho intramolecular Hbond substituents is 3. The molecule has 3 aromatic carbocycles. The van der Waals surface area contributed by atoms with Crippen molar-refractivity contribution in [1.29, 1.82) is 0 Å². The monoisotopic (exact) mass is 876 g/mol. The van der Waals surface area contributed by atoms with E-state index < -0.39 is 149 Å². The molecular weight excluding hydrogens is 832 g/mol. The highest BCUT2D eigenvalue weighted by atomic mass is 35.5. The number of aryl methyl sites for hydroxylation is 1. The molecule has 2 fully saturated rings. The highest BCUT2D eigenvalue weighted by Gasteiger charge is 2.51. The van der Waals surface area contributed by atoms with E-state index in [1.807, 2.05) is 0 Å². The third-order valence-electron chi connectivity index (χ3n) is 11.4. The number of likely N-dealkylation sites (N-methyl/N-ethyl adjacent to an activating group) is 1. The van der Waals surface area contributed by atoms with Crippen LogP contribution in [0.25, 0.3) is 11.1 Å². The van der Waals surface area contributed by atoms with Gasteiger partial charge in [0.15, 0.2) is 24.1 Å². The van der Waals surface area contributed by atoms with Crippen molar-refractivity contribution in [3.8, 4) is 34.1 Å². The molecule has 20 nitrogen and oxygen atoms in total. The van der Waals surface area contributed by atoms with Crippen molar-refractivity contribution in [3.05, 3.63) is 68.8 Å². The van der Waals surface area contributed by atoms with Crippen LogP contribution in [-0.2, 0) is 23.7 Å². The van der Waals surface area contributed by atoms with Gasteiger partial charge in [-0.15, -0.1) is 12.4 Å². The van der Waals surface area contributed by atoms with Crippen LogP contribution in [0, 0.1) is 6.92 Å². The first kappa shape index (κ1) is 45.6. The van der Waals surface area contributed by atoms with Crippen molar-refractivity contribution < 1.29 is 88.8 Å². The molecule has 12 atom stereocenters. The van der Waals surface area contributed by atoms with E-state index in [2.05, 4.69) is 10.6 Å². The number of hydrogen-bond acceptors (Lipinski definition) is 18. The van der Waals surface area contributed by atoms with Gasteiger partial charge in [-0.25, -0.2) is 0 Å². The summed E-state index contributed by atoms with van der Waals surface area (Å²) in [4.78, 5) is 53.3. The Morgan fingerprint density at radius 2 is 1.48 bits per heavy atom. The molecule has 3 aromatic rings. The number of aliphatic carboxylic acids is 1. The lowest BCUT2D eigenvalue weighted by Gasteiger charge is -2.47. The molecule has 61 heavy (non-hydrogen) atoms. The Labute approximate surface area is 352 Å². The van der Waals surface area contributed by atoms with Gasteiger partial charge in [0.2, 0.25) is 0 Å². The van der Waals surface area contributed by atoms with Crippen LogP contribution in [0.5, 0.6) is 23.0 Å². The molecule has 2 heterocycles. The molecule has 0 saturated carbocycles. The van der Waals surface area contributed by atoms with Gasteiger partial charge >= 0.3 is 5.97 Å². The van der Waals surface area contributed by atoms with Crippen LogP contribution in [0.3, 0.4) is 0 Å². The zero-order chi connectivity index (χ0) is 43.8. The number of methoxy groups -OCH3 is 1. The predicted octanol–water partition coefficient (Wildman–Crippen LogP) is -0.190. The molecular formula is C40H45ClN2O18. The first-order chi connectivity index (χ1) is 28.3. The number of carbonyl (C=O) groups excluding carboxylic acids is 3. The van der Waals surface area contributed by atoms with Crippen molar-refractivity contribution >= 4 is 35.9 Å². The summed E-state index contributed by atoms with van der Waals surface area (Å²) >= 11 is 0. The summed E-state index contributed by atoms with van der Waals surface area (Å²) in [6.45, 7) is 3.76. The molecule has 0 radical (unpaired) electrons. The number of aromatic hydroxyl groups is 3. The summed E-state index contributed by atoms with van der Waals surface area (Å²) in [5.41, 5.74) is -3.36. The standard InChI is InChI=1S/C40H44N2O18.ClH/c1-11-6-18-24(31(49)21(11)37(53)42-12(2)38(54)55)23-16(9-17-25(32(23)50)28(46)15-7-14(56-5)8-19(43)22(15)27(17)45)29(47)35(18)59-40-34(52)36(26(41-4)13(3)58-40)60-39-33(51)30(48)20(44)10-57-39;/h6-9,12-13,20,26,29-30,33-36,39-41,43-44,47-52H,10H2,1-5H3,(H,42,53)(H,54,55);1H/t12-,13?,20?,26?,29+,30?,33?,34?,35+,36?,39?,40?;/m1./s1. The molecule has 330 valence electrons. The Morgan fingerprint density at radius 3 is 2.11 bits per heavy atom. The van der Waals surface area contributed by atoms with E-state index in [1.165, 1.54) is 40.1 Å². The molecule has 0 spiro atoms. The van der Waals surface area contributed by atoms with Gasteiger partial charge < -0.3 is 80.3 Å². The number of rotatable bonds is 9. The van der Waals surface area contributed by atoms with Crippen LogP contribution in [-0.4, -0.2) is 151 Å². The highest BCUT2D eigenvalue weighted by molar-refractivity contribution is 6.31. The van der Waals surface area contributed by atoms with Crippen molar-refractivity contribution in [2.45, 2.75) is 94.3 Å². The number of phenols is 3. The highest BCUT2D eigenvalue weighted by Crippen LogP contribution is 2.57. The fraction of sp³-hybridized carbons (Fsp3) is 0.450. The van der Waals surface area contributed by atoms with Gasteiger partial charge in [0, 0.05) is 28.3 Å². The summed E-state index contributed by atoms with van der Waals surface area (Å²) < 4.78 is 28.9. The van der Waals surface area contributed by atoms with Gasteiger partial charge in [-0.1, -0.05) is 6.07 Å². The number of aliphatic hydroxyl groups excluding tert-OH is 5. The number of ether oxygens (including phenoxy) is 5. The summed E-state index contributed by atoms with van der Waals surface area (Å²) in [5, 5.41) is 104. The average Bonchev–Trinajstić information content (AvgIpc) is 3.19. The number of fused-ring (bicyclic) bond motifs is 5. The third-order valence-corrected chi connectivity index (χ3v) is 11.4. The summed E-state index contributed by atoms with van der Waals surface area (Å²) in [7, 11) is 2.80. The third kappa shape index (κ3) is 7.46. The Hall–Kier alpha value is -4.97. The quantitative estimate of drug-likeness (QED) is 0.104. The summed E-state index contributed by atoms with van der Waals surface area (Å²) in [5.74, 6) is -6.63. The SMILES string of the molecule is CNC1C(C)OC(O[C@H]2c3cc(C)c(C(=O)N[C@H](C)C(=O)O)c(O)c3-c3c(cc4c(c3O)C(=O)c3cc(OC)cc(O)c3C4=O)[C@@H]2O)C(O)C1OC1OCC(O)C(O)C1O.Cl. The molecule has 0 bridgehead atoms. The van der Waals surface area contributed by atoms with Gasteiger partial charge in [-0.2, -0.15) is 0 Å². The molecule has 1 amide bonds. The number of halogens is 1. The Bertz CT molecular complexity index is 2290. The Morgan fingerprint density at radius 1 is 0.836 bits per heavy atom. The van der Waals surface area contributed by atoms with Crippen LogP contribution >= 0.6 is 12.4 Å². The maximum atomic E-state index is 14.1. The zero-order valence-corrected chi connectivity index (χ0v) is 33.9. The molecule has 21 heteroatoms. The number of benzene rings is 3. The van der Waals surface area contributed by atoms with Crippen molar-refractivity contribution in [3.63, 3.8) is 0 Å². The minimum atomic E-state index is -1.89. The molecule has 0 aromatic heterocycles. The lowest BCUT2D eigenvalue weighted by molar-refractivity contribution is -0.339. The van der Waals surface area contributed by atoms with E-state index in [0.29, 0.717) is 0 Å². The summed E-state index contributed by atoms with van der Waals surface area (Å²) in [6, 6.07) is 2.44. The van der Waals surface area contributed by atoms with Gasteiger partial charge in [-0.3, -0.25) is 19.2 Å². The first-order valence-electron chi connectivity index (χ1n) is 18.8. The van der Waals surface area contributed by atoms with Crippen LogP contribution in [0.2, 0.25) is 0 Å². The topological polar surface area (TPSA) is 321 Å². The van der Waals surface area contributed by atoms with E-state index in [1.54, 1.807) is 6.92 Å². The molecule has 2 aliphatic heterocycles. The second-order valence-electron chi connectivity index (χ2n) is 15.1. The van der Waals surface area contributed by atoms with E-state index in [-0.39, 0.29) is 46.0 Å². The Kier molecular flexibility index (Phi) is 12.7. The maximum Gasteiger partial charge on any atom is 0.325 e. The summed E-state index contributed by atoms with van der Waals surface area (Å²) in [6.07, 6.45) is -15.5. The van der Waals surface area contributed by atoms with Gasteiger partial charge in [0.05, 0.1) is 42.6 Å². The normalized spacial score (nSPS) is 29.6. The lowest BCUT2D eigenvalue weighted by atomic mass is 9.74. The fourth-order valence-electron chi connectivity index (χ4n) is 8.30. The zero-order valence-electron chi connectivity index (χ0n) is 33.1. The number of amides is 1. The van der Waals surface area contributed by atoms with Gasteiger partial charge in [0.25, 0.3) is 5.91 Å². The minimum Gasteiger partial charge on any atom is -0.507 e. The van der Waals surface area contributed by atoms with E-state index in [0.717, 1.165) is 12.1 Å². The van der Waals surface area contributed by atoms with Crippen LogP contribution in [0.1, 0.15) is 84.9 Å². The average molecular weight is 877 g/mol. The second kappa shape index (κ2) is 17.1. The van der Waals surface area contributed by atoms with Crippen LogP contribution in [0.15, 0.2) is 24.3 Å². The number of nitrogens with one attached hydrogen (secondary N) is 2. The molecule has 11 N–H and O–H groups in total. The lowest BCUT2D eigenvalue weighted by Crippen LogP contribution is -2.65. The predicted molar refractivity (Wildman–Crippen MR) is 208 cm³/mol. The maximum absolute atomic E-state index is 14.1. The van der Waals surface area contributed by atoms with Gasteiger partial charge in [-0.05, 0) is 56.6 Å². The number of carboxylic acids is 1. The van der Waals surface area contributed by atoms with E-state index in [4.69, 9.17) is 23.7 Å². The molecule has 4 aliphatic rings. The molecule has 2 saturated heterocycles. The van der Waals surface area contributed by atoms with Crippen LogP contribution in [0.4, 0.5) is 0 Å². The Balaban J connectivity index is 0.00000622. The second-order valence-corrected chi connectivity index (χ2v) is 15.1. The first-order valence-corrected chi connectivity index (χ1v) is 18.8. The smallest absolute Gasteiger partial charge is 0.325 e. The van der Waals surface area contributed by atoms with E-state index in [9.17, 15) is 65.1 Å². The number of hydrogen-bond donors (Lipinski definition) is 11. The number of carbonyl (C=O) groups is 4. The minimum absolute atomic E-state index is 0. The van der Waals surface area contributed by atoms with E-state index >= 15 is 0 Å². The van der Waals surface area contributed by atoms with Crippen molar-refractivity contribution in [1.82, 2.24) is 10.6 Å². The largest absolute Gasteiger partial charge is 0.507 e. The number of carboxylic acid groups (broad SMARTS) is 1.